The van der Waals surface area contributed by atoms with Crippen molar-refractivity contribution >= 4 is 5.91 Å². The van der Waals surface area contributed by atoms with E-state index in [0.29, 0.717) is 6.04 Å². The van der Waals surface area contributed by atoms with E-state index in [4.69, 9.17) is 4.74 Å². The lowest BCUT2D eigenvalue weighted by molar-refractivity contribution is -0.145. The maximum Gasteiger partial charge on any atom is 0.251 e. The fraction of sp³-hybridized carbons (Fsp3) is 0.947. The van der Waals surface area contributed by atoms with Gasteiger partial charge in [-0.2, -0.15) is 0 Å². The van der Waals surface area contributed by atoms with E-state index in [9.17, 15) is 9.90 Å². The first-order valence-corrected chi connectivity index (χ1v) is 9.93. The second kappa shape index (κ2) is 8.63. The lowest BCUT2D eigenvalue weighted by Crippen LogP contribution is -2.52. The smallest absolute Gasteiger partial charge is 0.251 e. The van der Waals surface area contributed by atoms with Crippen molar-refractivity contribution < 1.29 is 14.6 Å². The highest BCUT2D eigenvalue weighted by Crippen LogP contribution is 2.28. The van der Waals surface area contributed by atoms with Gasteiger partial charge in [0.1, 0.15) is 6.10 Å². The van der Waals surface area contributed by atoms with Crippen LogP contribution in [0.25, 0.3) is 0 Å². The molecule has 2 aliphatic heterocycles. The van der Waals surface area contributed by atoms with Crippen LogP contribution in [0.15, 0.2) is 0 Å². The summed E-state index contributed by atoms with van der Waals surface area (Å²) in [4.78, 5) is 17.1. The molecule has 3 fully saturated rings. The van der Waals surface area contributed by atoms with E-state index in [0.717, 1.165) is 77.7 Å². The molecule has 3 rings (SSSR count). The average molecular weight is 338 g/mol. The zero-order valence-electron chi connectivity index (χ0n) is 15.2. The highest BCUT2D eigenvalue weighted by atomic mass is 16.5. The van der Waals surface area contributed by atoms with E-state index < -0.39 is 6.10 Å². The number of hydrogen-bond donors (Lipinski definition) is 1. The second-order valence-corrected chi connectivity index (χ2v) is 7.90. The van der Waals surface area contributed by atoms with Gasteiger partial charge in [-0.3, -0.25) is 4.79 Å². The molecule has 0 aromatic carbocycles. The third-order valence-corrected chi connectivity index (χ3v) is 6.45. The van der Waals surface area contributed by atoms with Gasteiger partial charge in [0.05, 0.1) is 0 Å². The van der Waals surface area contributed by atoms with E-state index in [1.165, 1.54) is 6.42 Å². The fourth-order valence-electron chi connectivity index (χ4n) is 4.73. The average Bonchev–Trinajstić information content (AvgIpc) is 2.68. The monoisotopic (exact) mass is 338 g/mol. The summed E-state index contributed by atoms with van der Waals surface area (Å²) in [6.45, 7) is 3.89. The number of ether oxygens (including phenoxy) is 1. The van der Waals surface area contributed by atoms with Crippen LogP contribution in [-0.4, -0.2) is 72.4 Å². The summed E-state index contributed by atoms with van der Waals surface area (Å²) in [6.07, 6.45) is 9.10. The van der Waals surface area contributed by atoms with Gasteiger partial charge in [0.15, 0.2) is 0 Å². The molecule has 5 nitrogen and oxygen atoms in total. The second-order valence-electron chi connectivity index (χ2n) is 7.90. The molecule has 0 aromatic rings. The molecule has 2 heterocycles. The number of hydrogen-bond acceptors (Lipinski definition) is 4. The van der Waals surface area contributed by atoms with Crippen molar-refractivity contribution in [2.45, 2.75) is 76.0 Å². The Morgan fingerprint density at radius 1 is 1.04 bits per heavy atom. The van der Waals surface area contributed by atoms with Crippen molar-refractivity contribution in [2.75, 3.05) is 33.4 Å². The van der Waals surface area contributed by atoms with Crippen LogP contribution in [-0.2, 0) is 9.53 Å². The number of carbonyl (C=O) groups excluding carboxylic acids is 1. The van der Waals surface area contributed by atoms with Crippen LogP contribution in [0.1, 0.15) is 57.8 Å². The SMILES string of the molecule is CN(C(=O)C(O)C1CCCCC1)C1CCN(C2CCOCC2)CC1. The van der Waals surface area contributed by atoms with Crippen LogP contribution < -0.4 is 0 Å². The van der Waals surface area contributed by atoms with E-state index in [1.807, 2.05) is 11.9 Å². The fourth-order valence-corrected chi connectivity index (χ4v) is 4.73. The molecule has 0 radical (unpaired) electrons. The molecule has 1 unspecified atom stereocenters. The van der Waals surface area contributed by atoms with Crippen molar-refractivity contribution in [3.8, 4) is 0 Å². The zero-order chi connectivity index (χ0) is 16.9. The number of piperidine rings is 1. The highest BCUT2D eigenvalue weighted by Gasteiger charge is 2.34. The number of rotatable bonds is 4. The lowest BCUT2D eigenvalue weighted by Gasteiger charge is -2.42. The first kappa shape index (κ1) is 18.2. The Morgan fingerprint density at radius 3 is 2.29 bits per heavy atom. The number of aliphatic hydroxyl groups is 1. The summed E-state index contributed by atoms with van der Waals surface area (Å²) < 4.78 is 5.46. The molecule has 1 aliphatic carbocycles. The van der Waals surface area contributed by atoms with Crippen LogP contribution in [0.4, 0.5) is 0 Å². The lowest BCUT2D eigenvalue weighted by atomic mass is 9.84. The third kappa shape index (κ3) is 4.30. The van der Waals surface area contributed by atoms with Crippen molar-refractivity contribution in [1.82, 2.24) is 9.80 Å². The number of nitrogens with zero attached hydrogens (tertiary/aromatic N) is 2. The molecule has 2 saturated heterocycles. The Balaban J connectivity index is 1.47. The predicted molar refractivity (Wildman–Crippen MR) is 93.8 cm³/mol. The van der Waals surface area contributed by atoms with Gasteiger partial charge >= 0.3 is 0 Å². The van der Waals surface area contributed by atoms with E-state index in [2.05, 4.69) is 4.90 Å². The molecule has 24 heavy (non-hydrogen) atoms. The largest absolute Gasteiger partial charge is 0.383 e. The summed E-state index contributed by atoms with van der Waals surface area (Å²) >= 11 is 0. The molecule has 0 aromatic heterocycles. The first-order chi connectivity index (χ1) is 11.7. The van der Waals surface area contributed by atoms with Gasteiger partial charge in [0.25, 0.3) is 5.91 Å². The van der Waals surface area contributed by atoms with Crippen LogP contribution in [0.5, 0.6) is 0 Å². The molecule has 1 atom stereocenters. The summed E-state index contributed by atoms with van der Waals surface area (Å²) in [7, 11) is 1.89. The van der Waals surface area contributed by atoms with Crippen LogP contribution in [0.2, 0.25) is 0 Å². The Hall–Kier alpha value is -0.650. The Morgan fingerprint density at radius 2 is 1.67 bits per heavy atom. The van der Waals surface area contributed by atoms with Gasteiger partial charge < -0.3 is 19.6 Å². The molecule has 0 bridgehead atoms. The maximum atomic E-state index is 12.7. The molecule has 0 spiro atoms. The standard InChI is InChI=1S/C19H34N2O3/c1-20(19(23)18(22)15-5-3-2-4-6-15)16-7-11-21(12-8-16)17-9-13-24-14-10-17/h15-18,22H,2-14H2,1H3. The number of carbonyl (C=O) groups is 1. The predicted octanol–water partition coefficient (Wildman–Crippen LogP) is 2.03. The van der Waals surface area contributed by atoms with E-state index in [-0.39, 0.29) is 17.9 Å². The minimum Gasteiger partial charge on any atom is -0.383 e. The summed E-state index contributed by atoms with van der Waals surface area (Å²) in [5.41, 5.74) is 0. The van der Waals surface area contributed by atoms with Crippen LogP contribution >= 0.6 is 0 Å². The normalized spacial score (nSPS) is 27.1. The van der Waals surface area contributed by atoms with Gasteiger partial charge in [-0.1, -0.05) is 19.3 Å². The Bertz CT molecular complexity index is 397. The van der Waals surface area contributed by atoms with Crippen LogP contribution in [0.3, 0.4) is 0 Å². The van der Waals surface area contributed by atoms with Crippen molar-refractivity contribution in [3.63, 3.8) is 0 Å². The maximum absolute atomic E-state index is 12.7. The number of likely N-dealkylation sites (N-methyl/N-ethyl adjacent to an activating group) is 1. The summed E-state index contributed by atoms with van der Waals surface area (Å²) in [5.74, 6) is 0.127. The van der Waals surface area contributed by atoms with Crippen molar-refractivity contribution in [3.05, 3.63) is 0 Å². The summed E-state index contributed by atoms with van der Waals surface area (Å²) in [6, 6.07) is 0.945. The number of amides is 1. The number of likely N-dealkylation sites (tertiary alicyclic amines) is 1. The topological polar surface area (TPSA) is 53.0 Å². The van der Waals surface area contributed by atoms with E-state index in [1.54, 1.807) is 0 Å². The summed E-state index contributed by atoms with van der Waals surface area (Å²) in [5, 5.41) is 10.5. The quantitative estimate of drug-likeness (QED) is 0.852. The molecule has 138 valence electrons. The van der Waals surface area contributed by atoms with E-state index >= 15 is 0 Å². The van der Waals surface area contributed by atoms with Gasteiger partial charge in [-0.05, 0) is 44.4 Å². The molecular weight excluding hydrogens is 304 g/mol. The first-order valence-electron chi connectivity index (χ1n) is 9.93. The Kier molecular flexibility index (Phi) is 6.53. The molecule has 1 saturated carbocycles. The molecule has 3 aliphatic rings. The van der Waals surface area contributed by atoms with Gasteiger partial charge in [0, 0.05) is 45.4 Å². The zero-order valence-corrected chi connectivity index (χ0v) is 15.2. The van der Waals surface area contributed by atoms with Gasteiger partial charge in [-0.15, -0.1) is 0 Å². The minimum atomic E-state index is -0.788. The van der Waals surface area contributed by atoms with Crippen molar-refractivity contribution in [1.29, 1.82) is 0 Å². The molecular formula is C19H34N2O3. The van der Waals surface area contributed by atoms with Gasteiger partial charge in [-0.25, -0.2) is 0 Å². The highest BCUT2D eigenvalue weighted by molar-refractivity contribution is 5.81. The molecule has 1 N–H and O–H groups in total. The van der Waals surface area contributed by atoms with Crippen molar-refractivity contribution in [2.24, 2.45) is 5.92 Å². The van der Waals surface area contributed by atoms with Crippen LogP contribution in [0, 0.1) is 5.92 Å². The Labute approximate surface area is 146 Å². The van der Waals surface area contributed by atoms with Gasteiger partial charge in [0.2, 0.25) is 0 Å². The molecule has 5 heteroatoms. The number of aliphatic hydroxyl groups excluding tert-OH is 1. The third-order valence-electron chi connectivity index (χ3n) is 6.45. The molecule has 1 amide bonds. The minimum absolute atomic E-state index is 0.0496.